The zero-order valence-corrected chi connectivity index (χ0v) is 16.6. The monoisotopic (exact) mass is 395 g/mol. The molecule has 5 heteroatoms. The van der Waals surface area contributed by atoms with Crippen LogP contribution in [0.4, 0.5) is 0 Å². The van der Waals surface area contributed by atoms with E-state index in [0.717, 1.165) is 33.3 Å². The van der Waals surface area contributed by atoms with Gasteiger partial charge in [0, 0.05) is 23.4 Å². The maximum atomic E-state index is 12.1. The van der Waals surface area contributed by atoms with Gasteiger partial charge in [-0.1, -0.05) is 36.4 Å². The van der Waals surface area contributed by atoms with E-state index in [0.29, 0.717) is 17.9 Å². The van der Waals surface area contributed by atoms with Crippen molar-refractivity contribution in [3.05, 3.63) is 102 Å². The molecule has 148 valence electrons. The SMILES string of the molecule is CC(=C(C(N)=O)c1ccc(OCc2ccc3ccccc3n2)cc1)c1ccncc1. The molecule has 0 bridgehead atoms. The van der Waals surface area contributed by atoms with Crippen LogP contribution in [0.5, 0.6) is 5.75 Å². The van der Waals surface area contributed by atoms with Crippen molar-refractivity contribution in [1.29, 1.82) is 0 Å². The summed E-state index contributed by atoms with van der Waals surface area (Å²) in [7, 11) is 0. The first kappa shape index (κ1) is 19.3. The largest absolute Gasteiger partial charge is 0.487 e. The van der Waals surface area contributed by atoms with E-state index in [1.54, 1.807) is 12.4 Å². The minimum atomic E-state index is -0.474. The summed E-state index contributed by atoms with van der Waals surface area (Å²) in [4.78, 5) is 20.8. The average molecular weight is 395 g/mol. The fourth-order valence-corrected chi connectivity index (χ4v) is 3.35. The lowest BCUT2D eigenvalue weighted by atomic mass is 9.96. The van der Waals surface area contributed by atoms with Crippen LogP contribution in [0.15, 0.2) is 85.2 Å². The Balaban J connectivity index is 1.53. The Morgan fingerprint density at radius 3 is 2.37 bits per heavy atom. The van der Waals surface area contributed by atoms with Crippen LogP contribution < -0.4 is 10.5 Å². The highest BCUT2D eigenvalue weighted by Gasteiger charge is 2.14. The van der Waals surface area contributed by atoms with Crippen molar-refractivity contribution in [2.75, 3.05) is 0 Å². The molecule has 5 nitrogen and oxygen atoms in total. The molecule has 0 spiro atoms. The van der Waals surface area contributed by atoms with Crippen molar-refractivity contribution in [3.8, 4) is 5.75 Å². The van der Waals surface area contributed by atoms with Crippen LogP contribution in [0.3, 0.4) is 0 Å². The molecule has 2 aromatic carbocycles. The summed E-state index contributed by atoms with van der Waals surface area (Å²) in [6, 6.07) is 23.0. The van der Waals surface area contributed by atoms with Crippen LogP contribution in [0.25, 0.3) is 22.0 Å². The van der Waals surface area contributed by atoms with Crippen LogP contribution in [-0.4, -0.2) is 15.9 Å². The Morgan fingerprint density at radius 1 is 0.900 bits per heavy atom. The topological polar surface area (TPSA) is 78.1 Å². The van der Waals surface area contributed by atoms with E-state index < -0.39 is 5.91 Å². The van der Waals surface area contributed by atoms with E-state index in [9.17, 15) is 4.79 Å². The zero-order valence-electron chi connectivity index (χ0n) is 16.6. The second-order valence-corrected chi connectivity index (χ2v) is 6.91. The summed E-state index contributed by atoms with van der Waals surface area (Å²) in [6.07, 6.45) is 3.38. The van der Waals surface area contributed by atoms with E-state index in [4.69, 9.17) is 10.5 Å². The Bertz CT molecular complexity index is 1220. The number of pyridine rings is 2. The van der Waals surface area contributed by atoms with Gasteiger partial charge in [-0.15, -0.1) is 0 Å². The number of carbonyl (C=O) groups excluding carboxylic acids is 1. The Hall–Kier alpha value is -3.99. The molecule has 0 saturated carbocycles. The first-order valence-corrected chi connectivity index (χ1v) is 9.61. The Labute approximate surface area is 174 Å². The number of nitrogens with two attached hydrogens (primary N) is 1. The molecule has 4 aromatic rings. The number of para-hydroxylation sites is 1. The van der Waals surface area contributed by atoms with Crippen LogP contribution in [-0.2, 0) is 11.4 Å². The van der Waals surface area contributed by atoms with Gasteiger partial charge in [0.05, 0.1) is 11.2 Å². The average Bonchev–Trinajstić information content (AvgIpc) is 2.79. The molecule has 2 N–H and O–H groups in total. The van der Waals surface area contributed by atoms with Crippen molar-refractivity contribution in [3.63, 3.8) is 0 Å². The van der Waals surface area contributed by atoms with Crippen LogP contribution in [0, 0.1) is 0 Å². The molecule has 0 fully saturated rings. The second-order valence-electron chi connectivity index (χ2n) is 6.91. The molecular formula is C25H21N3O2. The van der Waals surface area contributed by atoms with Gasteiger partial charge < -0.3 is 10.5 Å². The van der Waals surface area contributed by atoms with Crippen LogP contribution in [0.2, 0.25) is 0 Å². The zero-order chi connectivity index (χ0) is 20.9. The molecule has 2 aromatic heterocycles. The van der Waals surface area contributed by atoms with Crippen LogP contribution >= 0.6 is 0 Å². The van der Waals surface area contributed by atoms with E-state index in [1.807, 2.05) is 79.7 Å². The third-order valence-electron chi connectivity index (χ3n) is 4.92. The maximum Gasteiger partial charge on any atom is 0.249 e. The Morgan fingerprint density at radius 2 is 1.63 bits per heavy atom. The molecule has 4 rings (SSSR count). The van der Waals surface area contributed by atoms with Crippen molar-refractivity contribution in [1.82, 2.24) is 9.97 Å². The number of hydrogen-bond acceptors (Lipinski definition) is 4. The van der Waals surface area contributed by atoms with Gasteiger partial charge in [0.1, 0.15) is 12.4 Å². The summed E-state index contributed by atoms with van der Waals surface area (Å²) in [5, 5.41) is 1.10. The van der Waals surface area contributed by atoms with Gasteiger partial charge in [-0.05, 0) is 60.0 Å². The summed E-state index contributed by atoms with van der Waals surface area (Å²) in [5.41, 5.74) is 10.4. The van der Waals surface area contributed by atoms with Gasteiger partial charge in [0.25, 0.3) is 0 Å². The van der Waals surface area contributed by atoms with Gasteiger partial charge in [-0.3, -0.25) is 9.78 Å². The lowest BCUT2D eigenvalue weighted by Crippen LogP contribution is -2.14. The van der Waals surface area contributed by atoms with E-state index in [-0.39, 0.29) is 0 Å². The number of amides is 1. The fraction of sp³-hybridized carbons (Fsp3) is 0.0800. The highest BCUT2D eigenvalue weighted by Crippen LogP contribution is 2.27. The molecule has 0 atom stereocenters. The molecule has 2 heterocycles. The van der Waals surface area contributed by atoms with Gasteiger partial charge in [-0.25, -0.2) is 4.98 Å². The van der Waals surface area contributed by atoms with E-state index in [2.05, 4.69) is 9.97 Å². The highest BCUT2D eigenvalue weighted by molar-refractivity contribution is 6.26. The minimum Gasteiger partial charge on any atom is -0.487 e. The first-order chi connectivity index (χ1) is 14.6. The quantitative estimate of drug-likeness (QED) is 0.483. The highest BCUT2D eigenvalue weighted by atomic mass is 16.5. The molecule has 0 unspecified atom stereocenters. The lowest BCUT2D eigenvalue weighted by Gasteiger charge is -2.11. The number of carbonyl (C=O) groups is 1. The van der Waals surface area contributed by atoms with Gasteiger partial charge >= 0.3 is 0 Å². The normalized spacial score (nSPS) is 11.8. The smallest absolute Gasteiger partial charge is 0.249 e. The molecule has 0 aliphatic rings. The number of nitrogens with zero attached hydrogens (tertiary/aromatic N) is 2. The molecule has 1 amide bonds. The van der Waals surface area contributed by atoms with Gasteiger partial charge in [-0.2, -0.15) is 0 Å². The predicted molar refractivity (Wildman–Crippen MR) is 118 cm³/mol. The van der Waals surface area contributed by atoms with Crippen molar-refractivity contribution in [2.45, 2.75) is 13.5 Å². The van der Waals surface area contributed by atoms with E-state index in [1.165, 1.54) is 0 Å². The molecule has 30 heavy (non-hydrogen) atoms. The number of allylic oxidation sites excluding steroid dienone is 1. The number of aromatic nitrogens is 2. The summed E-state index contributed by atoms with van der Waals surface area (Å²) in [6.45, 7) is 2.24. The maximum absolute atomic E-state index is 12.1. The number of rotatable bonds is 6. The molecule has 0 aliphatic heterocycles. The molecular weight excluding hydrogens is 374 g/mol. The number of fused-ring (bicyclic) bond motifs is 1. The molecule has 0 aliphatic carbocycles. The predicted octanol–water partition coefficient (Wildman–Crippen LogP) is 4.62. The number of ether oxygens (including phenoxy) is 1. The molecule has 0 saturated heterocycles. The summed E-state index contributed by atoms with van der Waals surface area (Å²) >= 11 is 0. The van der Waals surface area contributed by atoms with Crippen molar-refractivity contribution in [2.24, 2.45) is 5.73 Å². The third-order valence-corrected chi connectivity index (χ3v) is 4.92. The third kappa shape index (κ3) is 4.20. The summed E-state index contributed by atoms with van der Waals surface area (Å²) < 4.78 is 5.88. The minimum absolute atomic E-state index is 0.360. The van der Waals surface area contributed by atoms with Gasteiger partial charge in [0.15, 0.2) is 0 Å². The fourth-order valence-electron chi connectivity index (χ4n) is 3.35. The van der Waals surface area contributed by atoms with Crippen molar-refractivity contribution >= 4 is 28.0 Å². The van der Waals surface area contributed by atoms with E-state index >= 15 is 0 Å². The Kier molecular flexibility index (Phi) is 5.52. The number of primary amides is 1. The second kappa shape index (κ2) is 8.57. The number of benzene rings is 2. The first-order valence-electron chi connectivity index (χ1n) is 9.61. The van der Waals surface area contributed by atoms with Crippen molar-refractivity contribution < 1.29 is 9.53 Å². The summed E-state index contributed by atoms with van der Waals surface area (Å²) in [5.74, 6) is 0.220. The van der Waals surface area contributed by atoms with Gasteiger partial charge in [0.2, 0.25) is 5.91 Å². The standard InChI is InChI=1S/C25H21N3O2/c1-17(18-12-14-27-15-13-18)24(25(26)29)20-7-10-22(11-8-20)30-16-21-9-6-19-4-2-3-5-23(19)28-21/h2-15H,16H2,1H3,(H2,26,29). The number of hydrogen-bond donors (Lipinski definition) is 1. The van der Waals surface area contributed by atoms with Crippen LogP contribution in [0.1, 0.15) is 23.7 Å². The molecule has 0 radical (unpaired) electrons. The lowest BCUT2D eigenvalue weighted by molar-refractivity contribution is -0.112.